The van der Waals surface area contributed by atoms with Crippen LogP contribution < -0.4 is 19.6 Å². The Kier molecular flexibility index (Phi) is 37.8. The van der Waals surface area contributed by atoms with Crippen molar-refractivity contribution in [3.63, 3.8) is 0 Å². The van der Waals surface area contributed by atoms with Gasteiger partial charge in [0.05, 0.1) is 34.0 Å². The van der Waals surface area contributed by atoms with E-state index in [1.807, 2.05) is 59.5 Å². The molecule has 0 unspecified atom stereocenters. The minimum absolute atomic E-state index is 0.0465. The summed E-state index contributed by atoms with van der Waals surface area (Å²) in [5.41, 5.74) is 20.9. The van der Waals surface area contributed by atoms with Crippen molar-refractivity contribution in [3.8, 4) is 0 Å². The van der Waals surface area contributed by atoms with Crippen molar-refractivity contribution < 1.29 is 27.0 Å². The Balaban J connectivity index is 0.000000138. The van der Waals surface area contributed by atoms with Gasteiger partial charge in [0.25, 0.3) is 0 Å². The van der Waals surface area contributed by atoms with Crippen LogP contribution in [0.25, 0.3) is 43.1 Å². The number of rotatable bonds is 16. The maximum atomic E-state index is 5.67. The summed E-state index contributed by atoms with van der Waals surface area (Å²) < 4.78 is 3.80. The second-order valence-corrected chi connectivity index (χ2v) is 55.2. The Morgan fingerprint density at radius 1 is 0.322 bits per heavy atom. The number of para-hydroxylation sites is 2. The molecular formula is C106H144Cl4N4P2Ru2. The van der Waals surface area contributed by atoms with E-state index in [0.717, 1.165) is 31.7 Å². The fourth-order valence-corrected chi connectivity index (χ4v) is 34.9. The maximum Gasteiger partial charge on any atom is 0.0172 e. The van der Waals surface area contributed by atoms with Crippen molar-refractivity contribution in [1.82, 2.24) is 0 Å². The number of hydrogen-bond acceptors (Lipinski definition) is 4. The van der Waals surface area contributed by atoms with Gasteiger partial charge in [-0.2, -0.15) is 13.3 Å². The van der Waals surface area contributed by atoms with Crippen LogP contribution in [0.5, 0.6) is 0 Å². The summed E-state index contributed by atoms with van der Waals surface area (Å²) in [6, 6.07) is 63.2. The summed E-state index contributed by atoms with van der Waals surface area (Å²) >= 11 is -3.13. The topological polar surface area (TPSA) is 13.0 Å². The molecule has 17 rings (SSSR count). The van der Waals surface area contributed by atoms with Crippen LogP contribution in [0.3, 0.4) is 0 Å². The van der Waals surface area contributed by atoms with E-state index in [1.165, 1.54) is 128 Å². The number of fused-ring (bicyclic) bond motifs is 6. The summed E-state index contributed by atoms with van der Waals surface area (Å²) in [7, 11) is 22.3. The molecule has 642 valence electrons. The molecule has 0 atom stereocenters. The Morgan fingerprint density at radius 3 is 0.898 bits per heavy atom. The van der Waals surface area contributed by atoms with Gasteiger partial charge in [-0.1, -0.05) is 227 Å². The molecule has 6 aliphatic carbocycles. The Hall–Kier alpha value is -4.03. The zero-order valence-corrected chi connectivity index (χ0v) is 82.0. The molecule has 8 fully saturated rings. The van der Waals surface area contributed by atoms with Crippen LogP contribution in [0.4, 0.5) is 22.7 Å². The maximum absolute atomic E-state index is 5.67. The number of anilines is 4. The molecule has 0 spiro atoms. The minimum atomic E-state index is -1.61. The number of hydrogen-bond donors (Lipinski definition) is 0. The van der Waals surface area contributed by atoms with Gasteiger partial charge >= 0.3 is 136 Å². The number of nitrogens with zero attached hydrogens (tertiary/aromatic N) is 4. The molecule has 0 radical (unpaired) electrons. The molecule has 4 nitrogen and oxygen atoms in total. The molecule has 9 aromatic carbocycles. The molecule has 118 heavy (non-hydrogen) atoms. The van der Waals surface area contributed by atoms with E-state index < -0.39 is 27.0 Å². The second kappa shape index (κ2) is 47.9. The first-order chi connectivity index (χ1) is 57.4. The van der Waals surface area contributed by atoms with Crippen molar-refractivity contribution in [2.45, 2.75) is 319 Å². The van der Waals surface area contributed by atoms with Crippen LogP contribution in [0.15, 0.2) is 188 Å². The molecule has 2 heterocycles. The minimum Gasteiger partial charge on any atom is -0.502 e. The van der Waals surface area contributed by atoms with Gasteiger partial charge in [0.2, 0.25) is 0 Å². The number of halogens is 4. The van der Waals surface area contributed by atoms with E-state index >= 15 is 0 Å². The van der Waals surface area contributed by atoms with E-state index in [2.05, 4.69) is 234 Å². The van der Waals surface area contributed by atoms with Crippen LogP contribution in [0, 0.1) is 13.3 Å². The van der Waals surface area contributed by atoms with Gasteiger partial charge in [0, 0.05) is 75.5 Å². The largest absolute Gasteiger partial charge is 0.502 e. The van der Waals surface area contributed by atoms with Crippen LogP contribution in [0.2, 0.25) is 0 Å². The average molecular weight is 1880 g/mol. The number of benzene rings is 9. The first-order valence-electron chi connectivity index (χ1n) is 46.3. The van der Waals surface area contributed by atoms with Crippen LogP contribution in [-0.2, 0) is 27.0 Å². The van der Waals surface area contributed by atoms with E-state index in [0.29, 0.717) is 23.7 Å². The molecule has 2 aliphatic heterocycles. The Bertz CT molecular complexity index is 4240. The molecule has 12 heteroatoms. The third-order valence-electron chi connectivity index (χ3n) is 27.0. The standard InChI is InChI=1S/C31H23N2.C27H39N2.2C18H33P.C7H6.C5H8.4ClH.2Ru/c1-3-11-26-22(7-1)15-17-24-9-5-13-28(30(24)26)32-19-20-33(21-32)29-14-6-10-25-18-16-23-8-2-4-12-27(23)31(25)29;1-18(2)22-11-9-12-23(19(3)4)26(22)28-15-16-29(17-28)27-24(20(5)6)13-10-14-25(27)21(7)8;2*1-4-10-16(11-5-1)19(17-12-6-2-7-13-17)18-14-8-3-9-15-18;1-7-5-3-2-4-6-7;1-4-5(2)3;;;;;;/h1-18,21H,19-20H2;9-14,17-21H,15-16H2,1-8H3;2*16-18H,1-15H2;1-6H;1,4H,2-3H3;4*1H;;/q2*-1;;;;;;;;;2*+2/p-2. The van der Waals surface area contributed by atoms with Crippen molar-refractivity contribution >= 4 is 130 Å². The van der Waals surface area contributed by atoms with Gasteiger partial charge in [-0.25, -0.2) is 0 Å². The predicted molar refractivity (Wildman–Crippen MR) is 529 cm³/mol. The summed E-state index contributed by atoms with van der Waals surface area (Å²) in [6.07, 6.45) is 49.5. The van der Waals surface area contributed by atoms with Crippen LogP contribution >= 0.6 is 54.6 Å². The third kappa shape index (κ3) is 25.8. The van der Waals surface area contributed by atoms with Crippen molar-refractivity contribution in [3.05, 3.63) is 229 Å². The molecular weight excluding hydrogens is 1740 g/mol. The van der Waals surface area contributed by atoms with Gasteiger partial charge in [-0.3, -0.25) is 0 Å². The summed E-state index contributed by atoms with van der Waals surface area (Å²) in [5.74, 6) is 2.06. The van der Waals surface area contributed by atoms with E-state index in [9.17, 15) is 0 Å². The van der Waals surface area contributed by atoms with Crippen LogP contribution in [-0.4, -0.2) is 69.4 Å². The van der Waals surface area contributed by atoms with E-state index in [1.54, 1.807) is 193 Å². The zero-order valence-electron chi connectivity index (χ0n) is 73.5. The molecule has 0 N–H and O–H groups in total. The SMILES string of the molecule is C1CCC([PH+](C2CCCCC2)C2CCCCC2)CC1.C1CCC([PH+](C2CCCCC2)C2CCCCC2)CC1.CC(C)=C[CH]=[Ru]([Cl])[Cl].CC(C)c1cccc(C(C)C)c1N1[CH-]N(c2c(C(C)C)cccc2C(C)C)CC1.[Cl][Ru]([Cl])=[CH]c1ccccc1.c1ccc2c(c1)ccc1cccc(N3[CH-]N(c4cccc5ccc6ccccc6c45)CC3)c12. The third-order valence-corrected chi connectivity index (χ3v) is 39.8. The van der Waals surface area contributed by atoms with E-state index in [4.69, 9.17) is 38.8 Å². The summed E-state index contributed by atoms with van der Waals surface area (Å²) in [6.45, 7) is 31.2. The molecule has 8 aliphatic rings. The summed E-state index contributed by atoms with van der Waals surface area (Å²) in [5, 5.41) is 10.4. The summed E-state index contributed by atoms with van der Waals surface area (Å²) in [4.78, 5) is 9.84. The first-order valence-corrected chi connectivity index (χ1v) is 60.7. The normalized spacial score (nSPS) is 18.5. The molecule has 9 aromatic rings. The molecule has 0 bridgehead atoms. The van der Waals surface area contributed by atoms with Crippen molar-refractivity contribution in [1.29, 1.82) is 0 Å². The van der Waals surface area contributed by atoms with Crippen molar-refractivity contribution in [2.24, 2.45) is 0 Å². The molecule has 0 amide bonds. The molecule has 2 saturated heterocycles. The molecule has 6 saturated carbocycles. The van der Waals surface area contributed by atoms with Crippen molar-refractivity contribution in [2.75, 3.05) is 45.8 Å². The van der Waals surface area contributed by atoms with Gasteiger partial charge in [-0.05, 0) is 244 Å². The monoisotopic (exact) mass is 1880 g/mol. The average Bonchev–Trinajstić information content (AvgIpc) is 1.60. The Labute approximate surface area is 744 Å². The first kappa shape index (κ1) is 93.1. The quantitative estimate of drug-likeness (QED) is 0.0414. The molecule has 0 aromatic heterocycles. The predicted octanol–water partition coefficient (Wildman–Crippen LogP) is 33.2. The number of allylic oxidation sites excluding steroid dienone is 2. The van der Waals surface area contributed by atoms with Gasteiger partial charge in [0.15, 0.2) is 0 Å². The van der Waals surface area contributed by atoms with Gasteiger partial charge in [0.1, 0.15) is 0 Å². The van der Waals surface area contributed by atoms with E-state index in [-0.39, 0.29) is 15.8 Å². The fourth-order valence-electron chi connectivity index (χ4n) is 21.3. The van der Waals surface area contributed by atoms with Gasteiger partial charge in [-0.15, -0.1) is 0 Å². The zero-order chi connectivity index (χ0) is 82.9. The smallest absolute Gasteiger partial charge is 0.0172 e. The fraction of sp³-hybridized carbons (Fsp3) is 0.509. The van der Waals surface area contributed by atoms with Crippen LogP contribution in [0.1, 0.15) is 313 Å². The second-order valence-electron chi connectivity index (χ2n) is 36.8. The Morgan fingerprint density at radius 2 is 0.602 bits per heavy atom. The van der Waals surface area contributed by atoms with Gasteiger partial charge < -0.3 is 19.6 Å².